The maximum atomic E-state index is 12.3. The van der Waals surface area contributed by atoms with Gasteiger partial charge in [-0.25, -0.2) is 0 Å². The summed E-state index contributed by atoms with van der Waals surface area (Å²) < 4.78 is 29.0. The molecule has 0 radical (unpaired) electrons. The molecule has 0 aliphatic rings. The third-order valence-electron chi connectivity index (χ3n) is 5.28. The molecule has 6 N–H and O–H groups in total. The number of carbonyl (C=O) groups excluding carboxylic acids is 2. The lowest BCUT2D eigenvalue weighted by atomic mass is 10.1. The minimum atomic E-state index is -2.94. The Balaban J connectivity index is 1.35. The number of unbranched alkanes of at least 4 members (excludes halogenated alkanes) is 1. The van der Waals surface area contributed by atoms with Gasteiger partial charge in [0.15, 0.2) is 0 Å². The molecule has 0 aliphatic heterocycles. The van der Waals surface area contributed by atoms with Crippen LogP contribution in [0.2, 0.25) is 0 Å². The van der Waals surface area contributed by atoms with Crippen molar-refractivity contribution < 1.29 is 23.1 Å². The highest BCUT2D eigenvalue weighted by Crippen LogP contribution is 2.19. The van der Waals surface area contributed by atoms with Gasteiger partial charge in [0.05, 0.1) is 12.8 Å². The van der Waals surface area contributed by atoms with Crippen LogP contribution in [0, 0.1) is 0 Å². The number of anilines is 1. The third-order valence-corrected chi connectivity index (χ3v) is 6.17. The van der Waals surface area contributed by atoms with E-state index < -0.39 is 12.5 Å². The number of nitrogens with zero attached hydrogens (tertiary/aromatic N) is 2. The molecule has 0 aliphatic carbocycles. The Bertz CT molecular complexity index is 1300. The van der Waals surface area contributed by atoms with Crippen LogP contribution in [0.1, 0.15) is 35.4 Å². The number of amides is 2. The van der Waals surface area contributed by atoms with Crippen molar-refractivity contribution in [1.82, 2.24) is 15.5 Å². The van der Waals surface area contributed by atoms with Crippen LogP contribution in [0.3, 0.4) is 0 Å². The van der Waals surface area contributed by atoms with Crippen molar-refractivity contribution in [2.24, 2.45) is 11.5 Å². The van der Waals surface area contributed by atoms with E-state index in [-0.39, 0.29) is 30.3 Å². The largest absolute Gasteiger partial charge is 0.435 e. The molecule has 39 heavy (non-hydrogen) atoms. The van der Waals surface area contributed by atoms with Gasteiger partial charge in [0.1, 0.15) is 16.6 Å². The van der Waals surface area contributed by atoms with Gasteiger partial charge in [-0.3, -0.25) is 9.59 Å². The van der Waals surface area contributed by atoms with Gasteiger partial charge in [-0.2, -0.15) is 8.78 Å². The Morgan fingerprint density at radius 2 is 1.69 bits per heavy atom. The van der Waals surface area contributed by atoms with Crippen molar-refractivity contribution in [3.05, 3.63) is 94.4 Å². The number of ether oxygens (including phenoxy) is 1. The molecular weight excluding hydrogens is 526 g/mol. The van der Waals surface area contributed by atoms with E-state index in [0.29, 0.717) is 29.2 Å². The van der Waals surface area contributed by atoms with Gasteiger partial charge >= 0.3 is 6.61 Å². The third kappa shape index (κ3) is 11.3. The number of alkyl halides is 2. The summed E-state index contributed by atoms with van der Waals surface area (Å²) in [6, 6.07) is 15.4. The summed E-state index contributed by atoms with van der Waals surface area (Å²) in [4.78, 5) is 24.3. The van der Waals surface area contributed by atoms with Gasteiger partial charge < -0.3 is 26.8 Å². The molecular formula is C27H30F2N6O3S. The SMILES string of the molecule is N/C(=C\C=C(/N)NC(=O)Cc1cccc(OC(F)F)c1)CCCCc1nnc(NC(=O)Cc2ccccc2)s1. The molecule has 0 saturated heterocycles. The van der Waals surface area contributed by atoms with E-state index in [1.165, 1.54) is 35.6 Å². The summed E-state index contributed by atoms with van der Waals surface area (Å²) in [5, 5.41) is 14.8. The lowest BCUT2D eigenvalue weighted by molar-refractivity contribution is -0.119. The van der Waals surface area contributed by atoms with Gasteiger partial charge in [0, 0.05) is 12.1 Å². The molecule has 0 unspecified atom stereocenters. The molecule has 206 valence electrons. The van der Waals surface area contributed by atoms with Gasteiger partial charge in [-0.1, -0.05) is 53.8 Å². The van der Waals surface area contributed by atoms with Crippen LogP contribution >= 0.6 is 11.3 Å². The normalized spacial score (nSPS) is 11.9. The molecule has 12 heteroatoms. The van der Waals surface area contributed by atoms with Crippen molar-refractivity contribution in [3.8, 4) is 5.75 Å². The highest BCUT2D eigenvalue weighted by Gasteiger charge is 2.10. The minimum absolute atomic E-state index is 0.0216. The second-order valence-electron chi connectivity index (χ2n) is 8.53. The highest BCUT2D eigenvalue weighted by atomic mass is 32.1. The van der Waals surface area contributed by atoms with Gasteiger partial charge in [-0.05, 0) is 54.7 Å². The van der Waals surface area contributed by atoms with E-state index in [4.69, 9.17) is 11.5 Å². The predicted octanol–water partition coefficient (Wildman–Crippen LogP) is 4.04. The zero-order valence-electron chi connectivity index (χ0n) is 21.1. The average molecular weight is 557 g/mol. The van der Waals surface area contributed by atoms with Crippen LogP contribution < -0.4 is 26.8 Å². The smallest absolute Gasteiger partial charge is 0.387 e. The molecule has 2 aromatic carbocycles. The molecule has 9 nitrogen and oxygen atoms in total. The molecule has 1 aromatic heterocycles. The Hall–Kier alpha value is -4.32. The number of benzene rings is 2. The molecule has 2 amide bonds. The maximum Gasteiger partial charge on any atom is 0.387 e. The van der Waals surface area contributed by atoms with Crippen LogP contribution in [0.4, 0.5) is 13.9 Å². The first-order valence-corrected chi connectivity index (χ1v) is 13.0. The monoisotopic (exact) mass is 556 g/mol. The van der Waals surface area contributed by atoms with E-state index >= 15 is 0 Å². The molecule has 0 fully saturated rings. The van der Waals surface area contributed by atoms with Crippen molar-refractivity contribution in [2.45, 2.75) is 45.1 Å². The van der Waals surface area contributed by atoms with Crippen molar-refractivity contribution in [1.29, 1.82) is 0 Å². The van der Waals surface area contributed by atoms with Gasteiger partial charge in [0.2, 0.25) is 16.9 Å². The van der Waals surface area contributed by atoms with E-state index in [1.54, 1.807) is 12.1 Å². The summed E-state index contributed by atoms with van der Waals surface area (Å²) >= 11 is 1.35. The molecule has 0 saturated carbocycles. The number of hydrogen-bond donors (Lipinski definition) is 4. The summed E-state index contributed by atoms with van der Waals surface area (Å²) in [6.45, 7) is -2.94. The molecule has 0 spiro atoms. The second kappa shape index (κ2) is 15.2. The topological polar surface area (TPSA) is 145 Å². The van der Waals surface area contributed by atoms with Crippen LogP contribution in [-0.2, 0) is 28.9 Å². The first-order valence-electron chi connectivity index (χ1n) is 12.2. The predicted molar refractivity (Wildman–Crippen MR) is 146 cm³/mol. The number of aryl methyl sites for hydroxylation is 1. The quantitative estimate of drug-likeness (QED) is 0.173. The summed E-state index contributed by atoms with van der Waals surface area (Å²) in [5.74, 6) is -0.457. The molecule has 0 bridgehead atoms. The number of rotatable bonds is 14. The fourth-order valence-electron chi connectivity index (χ4n) is 3.50. The number of allylic oxidation sites excluding steroid dienone is 3. The summed E-state index contributed by atoms with van der Waals surface area (Å²) in [7, 11) is 0. The van der Waals surface area contributed by atoms with Crippen molar-refractivity contribution >= 4 is 28.3 Å². The van der Waals surface area contributed by atoms with Crippen LogP contribution in [0.15, 0.2) is 78.3 Å². The average Bonchev–Trinajstić information content (AvgIpc) is 3.32. The van der Waals surface area contributed by atoms with Crippen LogP contribution in [0.25, 0.3) is 0 Å². The van der Waals surface area contributed by atoms with Crippen molar-refractivity contribution in [3.63, 3.8) is 0 Å². The Labute approximate surface area is 229 Å². The summed E-state index contributed by atoms with van der Waals surface area (Å²) in [6.07, 6.45) is 6.29. The molecule has 3 rings (SSSR count). The van der Waals surface area contributed by atoms with E-state index in [0.717, 1.165) is 23.4 Å². The lowest BCUT2D eigenvalue weighted by Crippen LogP contribution is -2.28. The van der Waals surface area contributed by atoms with Crippen molar-refractivity contribution in [2.75, 3.05) is 5.32 Å². The van der Waals surface area contributed by atoms with Crippen LogP contribution in [0.5, 0.6) is 5.75 Å². The number of aromatic nitrogens is 2. The minimum Gasteiger partial charge on any atom is -0.435 e. The number of nitrogens with two attached hydrogens (primary N) is 2. The fourth-order valence-corrected chi connectivity index (χ4v) is 4.30. The van der Waals surface area contributed by atoms with Crippen LogP contribution in [-0.4, -0.2) is 28.6 Å². The van der Waals surface area contributed by atoms with E-state index in [1.807, 2.05) is 30.3 Å². The number of carbonyl (C=O) groups is 2. The number of nitrogens with one attached hydrogen (secondary N) is 2. The van der Waals surface area contributed by atoms with Gasteiger partial charge in [0.25, 0.3) is 0 Å². The Kier molecular flexibility index (Phi) is 11.4. The zero-order valence-corrected chi connectivity index (χ0v) is 21.9. The molecule has 0 atom stereocenters. The standard InChI is InChI=1S/C27H30F2N6O3S/c28-26(29)38-21-11-6-9-19(15-21)17-23(36)32-22(31)14-13-20(30)10-4-5-12-25-34-35-27(39-25)33-24(37)16-18-7-2-1-3-8-18/h1-3,6-9,11,13-15,26H,4-5,10,12,16-17,30-31H2,(H,32,36)(H,33,35,37)/b20-13-,22-14+. The van der Waals surface area contributed by atoms with E-state index in [2.05, 4.69) is 25.6 Å². The zero-order chi connectivity index (χ0) is 28.0. The van der Waals surface area contributed by atoms with E-state index in [9.17, 15) is 18.4 Å². The highest BCUT2D eigenvalue weighted by molar-refractivity contribution is 7.15. The maximum absolute atomic E-state index is 12.3. The second-order valence-corrected chi connectivity index (χ2v) is 9.60. The number of halogens is 2. The first kappa shape index (κ1) is 29.2. The Morgan fingerprint density at radius 1 is 0.949 bits per heavy atom. The molecule has 3 aromatic rings. The summed E-state index contributed by atoms with van der Waals surface area (Å²) in [5.41, 5.74) is 13.9. The first-order chi connectivity index (χ1) is 18.8. The Morgan fingerprint density at radius 3 is 2.46 bits per heavy atom. The van der Waals surface area contributed by atoms with Gasteiger partial charge in [-0.15, -0.1) is 10.2 Å². The fraction of sp³-hybridized carbons (Fsp3) is 0.259. The lowest BCUT2D eigenvalue weighted by Gasteiger charge is -2.08. The molecule has 1 heterocycles. The number of hydrogen-bond acceptors (Lipinski definition) is 8.